The molecule has 0 saturated carbocycles. The lowest BCUT2D eigenvalue weighted by atomic mass is 9.99. The molecule has 1 aliphatic rings. The number of nitrogens with one attached hydrogen (secondary N) is 1. The van der Waals surface area contributed by atoms with Crippen LogP contribution in [-0.4, -0.2) is 28.4 Å². The van der Waals surface area contributed by atoms with Gasteiger partial charge in [-0.1, -0.05) is 18.5 Å². The summed E-state index contributed by atoms with van der Waals surface area (Å²) in [7, 11) is 0. The van der Waals surface area contributed by atoms with Crippen LogP contribution in [0.25, 0.3) is 5.65 Å². The molecule has 0 aliphatic carbocycles. The third-order valence-corrected chi connectivity index (χ3v) is 5.80. The Kier molecular flexibility index (Phi) is 5.83. The van der Waals surface area contributed by atoms with Gasteiger partial charge in [-0.05, 0) is 49.1 Å². The van der Waals surface area contributed by atoms with Gasteiger partial charge in [-0.2, -0.15) is 13.2 Å². The fourth-order valence-corrected chi connectivity index (χ4v) is 4.00. The predicted molar refractivity (Wildman–Crippen MR) is 115 cm³/mol. The fourth-order valence-electron chi connectivity index (χ4n) is 3.74. The lowest BCUT2D eigenvalue weighted by molar-refractivity contribution is -0.137. The highest BCUT2D eigenvalue weighted by molar-refractivity contribution is 6.33. The number of nitrogens with zero attached hydrogens (tertiary/aromatic N) is 3. The Morgan fingerprint density at radius 3 is 2.52 bits per heavy atom. The average molecular weight is 451 g/mol. The molecule has 3 heterocycles. The van der Waals surface area contributed by atoms with Crippen LogP contribution >= 0.6 is 11.6 Å². The van der Waals surface area contributed by atoms with Gasteiger partial charge in [0, 0.05) is 36.9 Å². The van der Waals surface area contributed by atoms with E-state index in [0.29, 0.717) is 11.4 Å². The maximum atomic E-state index is 13.0. The van der Waals surface area contributed by atoms with Crippen LogP contribution in [0.15, 0.2) is 42.7 Å². The maximum Gasteiger partial charge on any atom is 0.417 e. The first kappa shape index (κ1) is 21.5. The normalized spacial score (nSPS) is 15.5. The number of hydrogen-bond donors (Lipinski definition) is 1. The molecule has 1 aromatic carbocycles. The van der Waals surface area contributed by atoms with E-state index in [0.717, 1.165) is 37.0 Å². The number of anilines is 2. The number of hydrogen-bond acceptors (Lipinski definition) is 3. The van der Waals surface area contributed by atoms with E-state index in [4.69, 9.17) is 11.6 Å². The number of aromatic nitrogens is 2. The van der Waals surface area contributed by atoms with Crippen LogP contribution < -0.4 is 10.2 Å². The van der Waals surface area contributed by atoms with E-state index in [2.05, 4.69) is 22.1 Å². The van der Waals surface area contributed by atoms with Crippen molar-refractivity contribution in [3.8, 4) is 0 Å². The summed E-state index contributed by atoms with van der Waals surface area (Å²) < 4.78 is 40.1. The van der Waals surface area contributed by atoms with Crippen LogP contribution in [-0.2, 0) is 17.4 Å². The Labute approximate surface area is 182 Å². The van der Waals surface area contributed by atoms with E-state index in [9.17, 15) is 18.0 Å². The van der Waals surface area contributed by atoms with Crippen molar-refractivity contribution in [1.82, 2.24) is 9.38 Å². The molecule has 0 radical (unpaired) electrons. The molecule has 164 valence electrons. The Morgan fingerprint density at radius 2 is 1.87 bits per heavy atom. The third kappa shape index (κ3) is 4.95. The number of alkyl halides is 3. The smallest absolute Gasteiger partial charge is 0.372 e. The summed E-state index contributed by atoms with van der Waals surface area (Å²) >= 11 is 5.95. The van der Waals surface area contributed by atoms with Crippen molar-refractivity contribution < 1.29 is 18.0 Å². The summed E-state index contributed by atoms with van der Waals surface area (Å²) in [5.74, 6) is 0.444. The van der Waals surface area contributed by atoms with E-state index in [1.807, 2.05) is 24.3 Å². The summed E-state index contributed by atoms with van der Waals surface area (Å²) in [4.78, 5) is 18.9. The monoisotopic (exact) mass is 450 g/mol. The van der Waals surface area contributed by atoms with Crippen molar-refractivity contribution >= 4 is 34.5 Å². The molecule has 4 rings (SSSR count). The largest absolute Gasteiger partial charge is 0.417 e. The van der Waals surface area contributed by atoms with Crippen LogP contribution in [0, 0.1) is 5.92 Å². The van der Waals surface area contributed by atoms with E-state index < -0.39 is 11.7 Å². The third-order valence-electron chi connectivity index (χ3n) is 5.53. The first-order valence-corrected chi connectivity index (χ1v) is 10.5. The molecule has 1 N–H and O–H groups in total. The van der Waals surface area contributed by atoms with Gasteiger partial charge in [-0.25, -0.2) is 4.98 Å². The van der Waals surface area contributed by atoms with E-state index in [-0.39, 0.29) is 23.0 Å². The molecule has 0 unspecified atom stereocenters. The number of halogens is 4. The van der Waals surface area contributed by atoms with Gasteiger partial charge in [0.15, 0.2) is 5.65 Å². The highest BCUT2D eigenvalue weighted by Crippen LogP contribution is 2.32. The molecule has 1 fully saturated rings. The number of fused-ring (bicyclic) bond motifs is 1. The van der Waals surface area contributed by atoms with Gasteiger partial charge in [0.25, 0.3) is 0 Å². The van der Waals surface area contributed by atoms with Crippen molar-refractivity contribution in [2.75, 3.05) is 23.3 Å². The molecule has 1 saturated heterocycles. The quantitative estimate of drug-likeness (QED) is 0.577. The van der Waals surface area contributed by atoms with Crippen LogP contribution in [0.4, 0.5) is 24.5 Å². The summed E-state index contributed by atoms with van der Waals surface area (Å²) in [5.41, 5.74) is 1.41. The van der Waals surface area contributed by atoms with E-state index in [1.165, 1.54) is 23.4 Å². The Balaban J connectivity index is 1.41. The molecule has 0 spiro atoms. The summed E-state index contributed by atoms with van der Waals surface area (Å²) in [6.45, 7) is 4.32. The van der Waals surface area contributed by atoms with Crippen LogP contribution in [0.5, 0.6) is 0 Å². The first-order valence-electron chi connectivity index (χ1n) is 10.1. The summed E-state index contributed by atoms with van der Waals surface area (Å²) in [5, 5.41) is 2.68. The molecule has 1 aliphatic heterocycles. The molecule has 9 heteroatoms. The van der Waals surface area contributed by atoms with Gasteiger partial charge in [-0.3, -0.25) is 4.79 Å². The summed E-state index contributed by atoms with van der Waals surface area (Å²) in [6.07, 6.45) is 0.0491. The Morgan fingerprint density at radius 1 is 1.19 bits per heavy atom. The fraction of sp³-hybridized carbons (Fsp3) is 0.364. The van der Waals surface area contributed by atoms with Crippen LogP contribution in [0.2, 0.25) is 5.02 Å². The highest BCUT2D eigenvalue weighted by atomic mass is 35.5. The lowest BCUT2D eigenvalue weighted by Gasteiger charge is -2.32. The number of benzene rings is 1. The number of carbonyl (C=O) groups excluding carboxylic acids is 1. The van der Waals surface area contributed by atoms with Gasteiger partial charge in [0.1, 0.15) is 0 Å². The average Bonchev–Trinajstić information content (AvgIpc) is 3.11. The zero-order valence-electron chi connectivity index (χ0n) is 16.9. The highest BCUT2D eigenvalue weighted by Gasteiger charge is 2.32. The Hall–Kier alpha value is -2.74. The number of amides is 1. The van der Waals surface area contributed by atoms with Gasteiger partial charge >= 0.3 is 6.18 Å². The first-order chi connectivity index (χ1) is 14.7. The van der Waals surface area contributed by atoms with Gasteiger partial charge in [-0.15, -0.1) is 0 Å². The summed E-state index contributed by atoms with van der Waals surface area (Å²) in [6, 6.07) is 8.49. The molecule has 0 atom stereocenters. The second-order valence-electron chi connectivity index (χ2n) is 7.98. The zero-order valence-corrected chi connectivity index (χ0v) is 17.7. The zero-order chi connectivity index (χ0) is 22.2. The van der Waals surface area contributed by atoms with Crippen molar-refractivity contribution in [2.24, 2.45) is 5.92 Å². The van der Waals surface area contributed by atoms with Gasteiger partial charge in [0.2, 0.25) is 5.91 Å². The van der Waals surface area contributed by atoms with E-state index >= 15 is 0 Å². The molecule has 5 nitrogen and oxygen atoms in total. The number of piperidine rings is 1. The minimum atomic E-state index is -4.52. The van der Waals surface area contributed by atoms with Crippen LogP contribution in [0.3, 0.4) is 0 Å². The second-order valence-corrected chi connectivity index (χ2v) is 8.39. The molecular formula is C22H22ClF3N4O. The minimum Gasteiger partial charge on any atom is -0.372 e. The molecule has 1 amide bonds. The molecule has 2 aromatic heterocycles. The lowest BCUT2D eigenvalue weighted by Crippen LogP contribution is -2.32. The molecule has 0 bridgehead atoms. The minimum absolute atomic E-state index is 0.0782. The standard InChI is InChI=1S/C22H22ClF3N4O/c1-14-6-8-29(9-7-14)18-4-2-16(3-5-18)27-20(31)11-17-13-30-12-15(22(24,25)26)10-19(23)21(30)28-17/h2-5,10,12-14H,6-9,11H2,1H3,(H,27,31). The number of pyridine rings is 1. The van der Waals surface area contributed by atoms with Crippen LogP contribution in [0.1, 0.15) is 31.0 Å². The number of imidazole rings is 1. The topological polar surface area (TPSA) is 49.6 Å². The van der Waals surface area contributed by atoms with Crippen molar-refractivity contribution in [1.29, 1.82) is 0 Å². The Bertz CT molecular complexity index is 1090. The van der Waals surface area contributed by atoms with Gasteiger partial charge in [0.05, 0.1) is 22.7 Å². The molecule has 3 aromatic rings. The molecule has 31 heavy (non-hydrogen) atoms. The number of carbonyl (C=O) groups is 1. The predicted octanol–water partition coefficient (Wildman–Crippen LogP) is 5.42. The van der Waals surface area contributed by atoms with Crippen molar-refractivity contribution in [2.45, 2.75) is 32.4 Å². The SMILES string of the molecule is CC1CCN(c2ccc(NC(=O)Cc3cn4cc(C(F)(F)F)cc(Cl)c4n3)cc2)CC1. The van der Waals surface area contributed by atoms with Crippen molar-refractivity contribution in [3.05, 3.63) is 59.0 Å². The number of rotatable bonds is 4. The molecular weight excluding hydrogens is 429 g/mol. The second kappa shape index (κ2) is 8.42. The van der Waals surface area contributed by atoms with Gasteiger partial charge < -0.3 is 14.6 Å². The van der Waals surface area contributed by atoms with E-state index in [1.54, 1.807) is 0 Å². The van der Waals surface area contributed by atoms with Crippen molar-refractivity contribution in [3.63, 3.8) is 0 Å². The maximum absolute atomic E-state index is 13.0.